The number of carbonyl (C=O) groups excluding carboxylic acids is 1. The molecule has 0 fully saturated rings. The molecule has 0 bridgehead atoms. The van der Waals surface area contributed by atoms with Gasteiger partial charge < -0.3 is 5.32 Å². The summed E-state index contributed by atoms with van der Waals surface area (Å²) < 4.78 is 1.78. The largest absolute Gasteiger partial charge is 0.322 e. The number of carbonyl (C=O) groups is 1. The number of halogens is 2. The Kier molecular flexibility index (Phi) is 4.60. The Balaban J connectivity index is 1.80. The molecule has 0 saturated carbocycles. The van der Waals surface area contributed by atoms with Crippen LogP contribution in [-0.2, 0) is 0 Å². The lowest BCUT2D eigenvalue weighted by molar-refractivity contribution is 0.102. The number of benzene rings is 2. The van der Waals surface area contributed by atoms with Crippen molar-refractivity contribution in [1.82, 2.24) is 9.78 Å². The molecule has 0 atom stereocenters. The van der Waals surface area contributed by atoms with E-state index in [0.717, 1.165) is 17.1 Å². The summed E-state index contributed by atoms with van der Waals surface area (Å²) in [4.78, 5) is 12.2. The van der Waals surface area contributed by atoms with Crippen molar-refractivity contribution in [3.8, 4) is 5.69 Å². The van der Waals surface area contributed by atoms with Gasteiger partial charge >= 0.3 is 0 Å². The van der Waals surface area contributed by atoms with E-state index in [1.165, 1.54) is 0 Å². The molecule has 0 radical (unpaired) electrons. The SMILES string of the molecule is Cc1nn(-c2ccc(NC(=O)c3cccc(Cl)c3)cc2)c(C)c1Cl. The van der Waals surface area contributed by atoms with Gasteiger partial charge in [-0.1, -0.05) is 29.3 Å². The highest BCUT2D eigenvalue weighted by molar-refractivity contribution is 6.32. The zero-order valence-electron chi connectivity index (χ0n) is 13.2. The Morgan fingerprint density at radius 3 is 2.38 bits per heavy atom. The fraction of sp³-hybridized carbons (Fsp3) is 0.111. The smallest absolute Gasteiger partial charge is 0.255 e. The fourth-order valence-electron chi connectivity index (χ4n) is 2.39. The maximum Gasteiger partial charge on any atom is 0.255 e. The van der Waals surface area contributed by atoms with Crippen molar-refractivity contribution in [3.63, 3.8) is 0 Å². The van der Waals surface area contributed by atoms with Crippen LogP contribution in [-0.4, -0.2) is 15.7 Å². The highest BCUT2D eigenvalue weighted by Gasteiger charge is 2.11. The van der Waals surface area contributed by atoms with Crippen molar-refractivity contribution < 1.29 is 4.79 Å². The van der Waals surface area contributed by atoms with Gasteiger partial charge in [-0.3, -0.25) is 4.79 Å². The molecule has 0 aliphatic heterocycles. The minimum Gasteiger partial charge on any atom is -0.322 e. The highest BCUT2D eigenvalue weighted by atomic mass is 35.5. The van der Waals surface area contributed by atoms with Crippen LogP contribution in [0.4, 0.5) is 5.69 Å². The third-order valence-corrected chi connectivity index (χ3v) is 4.44. The van der Waals surface area contributed by atoms with E-state index in [4.69, 9.17) is 23.2 Å². The topological polar surface area (TPSA) is 46.9 Å². The average molecular weight is 360 g/mol. The molecule has 1 heterocycles. The van der Waals surface area contributed by atoms with Crippen LogP contribution in [0.3, 0.4) is 0 Å². The van der Waals surface area contributed by atoms with E-state index >= 15 is 0 Å². The minimum absolute atomic E-state index is 0.209. The molecular formula is C18H15Cl2N3O. The van der Waals surface area contributed by atoms with E-state index in [0.29, 0.717) is 21.3 Å². The molecule has 0 aliphatic carbocycles. The number of hydrogen-bond donors (Lipinski definition) is 1. The number of nitrogens with zero attached hydrogens (tertiary/aromatic N) is 2. The minimum atomic E-state index is -0.209. The molecule has 2 aromatic carbocycles. The highest BCUT2D eigenvalue weighted by Crippen LogP contribution is 2.23. The van der Waals surface area contributed by atoms with Crippen LogP contribution in [0.15, 0.2) is 48.5 Å². The van der Waals surface area contributed by atoms with E-state index < -0.39 is 0 Å². The lowest BCUT2D eigenvalue weighted by Crippen LogP contribution is -2.11. The summed E-state index contributed by atoms with van der Waals surface area (Å²) in [5.74, 6) is -0.209. The Morgan fingerprint density at radius 1 is 1.08 bits per heavy atom. The maximum absolute atomic E-state index is 12.2. The van der Waals surface area contributed by atoms with Crippen molar-refractivity contribution in [2.24, 2.45) is 0 Å². The second kappa shape index (κ2) is 6.67. The Labute approximate surface area is 150 Å². The molecular weight excluding hydrogens is 345 g/mol. The molecule has 6 heteroatoms. The van der Waals surface area contributed by atoms with Gasteiger partial charge in [0.1, 0.15) is 0 Å². The Bertz CT molecular complexity index is 901. The monoisotopic (exact) mass is 359 g/mol. The quantitative estimate of drug-likeness (QED) is 0.711. The number of aromatic nitrogens is 2. The van der Waals surface area contributed by atoms with Gasteiger partial charge in [0.2, 0.25) is 0 Å². The molecule has 3 aromatic rings. The standard InChI is InChI=1S/C18H15Cl2N3O/c1-11-17(20)12(2)23(22-11)16-8-6-15(7-9-16)21-18(24)13-4-3-5-14(19)10-13/h3-10H,1-2H3,(H,21,24). The first-order valence-corrected chi connectivity index (χ1v) is 8.10. The number of anilines is 1. The lowest BCUT2D eigenvalue weighted by Gasteiger charge is -2.08. The van der Waals surface area contributed by atoms with Crippen LogP contribution in [0.1, 0.15) is 21.7 Å². The zero-order valence-corrected chi connectivity index (χ0v) is 14.7. The molecule has 1 amide bonds. The van der Waals surface area contributed by atoms with E-state index in [9.17, 15) is 4.79 Å². The first kappa shape index (κ1) is 16.6. The second-order valence-electron chi connectivity index (χ2n) is 5.41. The zero-order chi connectivity index (χ0) is 17.3. The number of hydrogen-bond acceptors (Lipinski definition) is 2. The van der Waals surface area contributed by atoms with Gasteiger partial charge in [0.15, 0.2) is 0 Å². The number of amides is 1. The van der Waals surface area contributed by atoms with Crippen LogP contribution >= 0.6 is 23.2 Å². The molecule has 1 aromatic heterocycles. The normalized spacial score (nSPS) is 10.7. The van der Waals surface area contributed by atoms with E-state index in [1.54, 1.807) is 28.9 Å². The number of rotatable bonds is 3. The van der Waals surface area contributed by atoms with Crippen LogP contribution in [0, 0.1) is 13.8 Å². The van der Waals surface area contributed by atoms with Crippen molar-refractivity contribution in [3.05, 3.63) is 75.5 Å². The fourth-order valence-corrected chi connectivity index (χ4v) is 2.70. The molecule has 24 heavy (non-hydrogen) atoms. The second-order valence-corrected chi connectivity index (χ2v) is 6.22. The predicted octanol–water partition coefficient (Wildman–Crippen LogP) is 5.05. The molecule has 0 spiro atoms. The number of aryl methyl sites for hydroxylation is 1. The molecule has 0 saturated heterocycles. The number of nitrogens with one attached hydrogen (secondary N) is 1. The maximum atomic E-state index is 12.2. The van der Waals surface area contributed by atoms with Crippen LogP contribution < -0.4 is 5.32 Å². The van der Waals surface area contributed by atoms with Crippen LogP contribution in [0.2, 0.25) is 10.0 Å². The summed E-state index contributed by atoms with van der Waals surface area (Å²) in [5, 5.41) is 8.44. The van der Waals surface area contributed by atoms with Gasteiger partial charge in [-0.15, -0.1) is 0 Å². The summed E-state index contributed by atoms with van der Waals surface area (Å²) in [6.07, 6.45) is 0. The van der Waals surface area contributed by atoms with Crippen molar-refractivity contribution in [1.29, 1.82) is 0 Å². The average Bonchev–Trinajstić information content (AvgIpc) is 2.83. The van der Waals surface area contributed by atoms with Crippen LogP contribution in [0.25, 0.3) is 5.69 Å². The predicted molar refractivity (Wildman–Crippen MR) is 97.5 cm³/mol. The molecule has 1 N–H and O–H groups in total. The Hall–Kier alpha value is -2.30. The first-order chi connectivity index (χ1) is 11.5. The van der Waals surface area contributed by atoms with Crippen molar-refractivity contribution in [2.45, 2.75) is 13.8 Å². The Morgan fingerprint density at radius 2 is 1.79 bits per heavy atom. The molecule has 0 unspecified atom stereocenters. The van der Waals surface area contributed by atoms with Gasteiger partial charge in [0.25, 0.3) is 5.91 Å². The summed E-state index contributed by atoms with van der Waals surface area (Å²) in [5.41, 5.74) is 3.74. The summed E-state index contributed by atoms with van der Waals surface area (Å²) in [6, 6.07) is 14.2. The van der Waals surface area contributed by atoms with E-state index in [-0.39, 0.29) is 5.91 Å². The van der Waals surface area contributed by atoms with Gasteiger partial charge in [-0.2, -0.15) is 5.10 Å². The molecule has 3 rings (SSSR count). The first-order valence-electron chi connectivity index (χ1n) is 7.35. The van der Waals surface area contributed by atoms with Gasteiger partial charge in [-0.25, -0.2) is 4.68 Å². The van der Waals surface area contributed by atoms with Gasteiger partial charge in [0, 0.05) is 16.3 Å². The van der Waals surface area contributed by atoms with E-state index in [2.05, 4.69) is 10.4 Å². The van der Waals surface area contributed by atoms with Crippen molar-refractivity contribution in [2.75, 3.05) is 5.32 Å². The molecule has 4 nitrogen and oxygen atoms in total. The molecule has 0 aliphatic rings. The third kappa shape index (κ3) is 3.30. The van der Waals surface area contributed by atoms with Gasteiger partial charge in [-0.05, 0) is 56.3 Å². The van der Waals surface area contributed by atoms with E-state index in [1.807, 2.05) is 38.1 Å². The van der Waals surface area contributed by atoms with Crippen LogP contribution in [0.5, 0.6) is 0 Å². The summed E-state index contributed by atoms with van der Waals surface area (Å²) in [6.45, 7) is 3.78. The summed E-state index contributed by atoms with van der Waals surface area (Å²) in [7, 11) is 0. The molecule has 122 valence electrons. The van der Waals surface area contributed by atoms with Crippen molar-refractivity contribution >= 4 is 34.8 Å². The lowest BCUT2D eigenvalue weighted by atomic mass is 10.2. The summed E-state index contributed by atoms with van der Waals surface area (Å²) >= 11 is 12.1. The van der Waals surface area contributed by atoms with Gasteiger partial charge in [0.05, 0.1) is 22.1 Å². The third-order valence-electron chi connectivity index (χ3n) is 3.66.